The Balaban J connectivity index is 2.90. The van der Waals surface area contributed by atoms with Crippen molar-refractivity contribution in [2.75, 3.05) is 12.5 Å². The van der Waals surface area contributed by atoms with Gasteiger partial charge < -0.3 is 4.74 Å². The van der Waals surface area contributed by atoms with Crippen LogP contribution in [0.5, 0.6) is 5.75 Å². The summed E-state index contributed by atoms with van der Waals surface area (Å²) in [5.41, 5.74) is 0.541. The molecule has 4 heteroatoms. The van der Waals surface area contributed by atoms with E-state index in [-0.39, 0.29) is 5.78 Å². The summed E-state index contributed by atoms with van der Waals surface area (Å²) >= 11 is 11.4. The molecule has 0 spiro atoms. The van der Waals surface area contributed by atoms with Gasteiger partial charge in [-0.3, -0.25) is 4.79 Å². The van der Waals surface area contributed by atoms with Gasteiger partial charge in [0.15, 0.2) is 5.78 Å². The first-order valence-electron chi connectivity index (χ1n) is 5.20. The summed E-state index contributed by atoms with van der Waals surface area (Å²) in [7, 11) is 0. The van der Waals surface area contributed by atoms with Gasteiger partial charge in [-0.05, 0) is 31.5 Å². The molecule has 1 aromatic rings. The Bertz CT molecular complexity index is 364. The maximum atomic E-state index is 11.9. The van der Waals surface area contributed by atoms with Gasteiger partial charge in [0.2, 0.25) is 0 Å². The topological polar surface area (TPSA) is 26.3 Å². The summed E-state index contributed by atoms with van der Waals surface area (Å²) in [5.74, 6) is 1.09. The van der Waals surface area contributed by atoms with Crippen LogP contribution >= 0.6 is 23.2 Å². The lowest BCUT2D eigenvalue weighted by molar-refractivity contribution is 0.0978. The minimum Gasteiger partial charge on any atom is -0.493 e. The van der Waals surface area contributed by atoms with E-state index in [1.807, 2.05) is 6.92 Å². The van der Waals surface area contributed by atoms with E-state index in [0.29, 0.717) is 41.7 Å². The largest absolute Gasteiger partial charge is 0.493 e. The maximum Gasteiger partial charge on any atom is 0.166 e. The van der Waals surface area contributed by atoms with E-state index in [4.69, 9.17) is 27.9 Å². The quantitative estimate of drug-likeness (QED) is 0.572. The number of alkyl halides is 1. The molecule has 0 heterocycles. The van der Waals surface area contributed by atoms with Crippen LogP contribution in [0.1, 0.15) is 30.1 Å². The highest BCUT2D eigenvalue weighted by Crippen LogP contribution is 2.24. The van der Waals surface area contributed by atoms with Crippen LogP contribution in [-0.4, -0.2) is 18.3 Å². The average Bonchev–Trinajstić information content (AvgIpc) is 2.28. The molecule has 0 aliphatic rings. The molecule has 1 aromatic carbocycles. The van der Waals surface area contributed by atoms with E-state index in [1.165, 1.54) is 0 Å². The lowest BCUT2D eigenvalue weighted by Gasteiger charge is -2.09. The molecule has 0 aliphatic carbocycles. The number of hydrogen-bond donors (Lipinski definition) is 0. The molecule has 0 bridgehead atoms. The van der Waals surface area contributed by atoms with Gasteiger partial charge >= 0.3 is 0 Å². The maximum absolute atomic E-state index is 11.9. The zero-order valence-corrected chi connectivity index (χ0v) is 10.6. The van der Waals surface area contributed by atoms with Gasteiger partial charge in [0.1, 0.15) is 5.75 Å². The van der Waals surface area contributed by atoms with Gasteiger partial charge in [-0.15, -0.1) is 11.6 Å². The molecular formula is C12H14Cl2O2. The molecule has 0 N–H and O–H groups in total. The fraction of sp³-hybridized carbons (Fsp3) is 0.417. The van der Waals surface area contributed by atoms with Crippen molar-refractivity contribution in [3.63, 3.8) is 0 Å². The molecule has 0 aromatic heterocycles. The minimum absolute atomic E-state index is 0.0200. The Morgan fingerprint density at radius 3 is 2.81 bits per heavy atom. The second-order valence-electron chi connectivity index (χ2n) is 3.29. The Hall–Kier alpha value is -0.730. The predicted molar refractivity (Wildman–Crippen MR) is 66.9 cm³/mol. The zero-order valence-electron chi connectivity index (χ0n) is 9.13. The smallest absolute Gasteiger partial charge is 0.166 e. The highest BCUT2D eigenvalue weighted by atomic mass is 35.5. The standard InChI is InChI=1S/C12H14Cl2O2/c1-2-16-12-6-5-9(14)8-10(12)11(15)4-3-7-13/h5-6,8H,2-4,7H2,1H3. The third-order valence-corrected chi connectivity index (χ3v) is 2.58. The van der Waals surface area contributed by atoms with Gasteiger partial charge in [0, 0.05) is 17.3 Å². The third-order valence-electron chi connectivity index (χ3n) is 2.08. The van der Waals surface area contributed by atoms with Gasteiger partial charge in [-0.1, -0.05) is 11.6 Å². The fourth-order valence-electron chi connectivity index (χ4n) is 1.36. The Kier molecular flexibility index (Phi) is 5.64. The van der Waals surface area contributed by atoms with Crippen LogP contribution in [0.3, 0.4) is 0 Å². The second-order valence-corrected chi connectivity index (χ2v) is 4.10. The van der Waals surface area contributed by atoms with E-state index >= 15 is 0 Å². The normalized spacial score (nSPS) is 10.2. The van der Waals surface area contributed by atoms with E-state index in [2.05, 4.69) is 0 Å². The minimum atomic E-state index is 0.0200. The van der Waals surface area contributed by atoms with Crippen molar-refractivity contribution >= 4 is 29.0 Å². The van der Waals surface area contributed by atoms with Crippen molar-refractivity contribution in [3.05, 3.63) is 28.8 Å². The Morgan fingerprint density at radius 2 is 2.19 bits per heavy atom. The lowest BCUT2D eigenvalue weighted by Crippen LogP contribution is -2.04. The summed E-state index contributed by atoms with van der Waals surface area (Å²) in [5, 5.41) is 0.540. The molecule has 2 nitrogen and oxygen atoms in total. The van der Waals surface area contributed by atoms with E-state index in [1.54, 1.807) is 18.2 Å². The number of halogens is 2. The summed E-state index contributed by atoms with van der Waals surface area (Å²) < 4.78 is 5.38. The second kappa shape index (κ2) is 6.77. The van der Waals surface area contributed by atoms with Crippen molar-refractivity contribution in [2.24, 2.45) is 0 Å². The van der Waals surface area contributed by atoms with Crippen LogP contribution in [0.25, 0.3) is 0 Å². The first kappa shape index (κ1) is 13.3. The third kappa shape index (κ3) is 3.69. The number of carbonyl (C=O) groups excluding carboxylic acids is 1. The lowest BCUT2D eigenvalue weighted by atomic mass is 10.1. The van der Waals surface area contributed by atoms with Crippen molar-refractivity contribution in [2.45, 2.75) is 19.8 Å². The van der Waals surface area contributed by atoms with Gasteiger partial charge in [-0.2, -0.15) is 0 Å². The molecule has 88 valence electrons. The number of carbonyl (C=O) groups is 1. The molecular weight excluding hydrogens is 247 g/mol. The fourth-order valence-corrected chi connectivity index (χ4v) is 1.67. The number of ether oxygens (including phenoxy) is 1. The van der Waals surface area contributed by atoms with E-state index in [0.717, 1.165) is 0 Å². The van der Waals surface area contributed by atoms with E-state index < -0.39 is 0 Å². The summed E-state index contributed by atoms with van der Waals surface area (Å²) in [4.78, 5) is 11.9. The van der Waals surface area contributed by atoms with Gasteiger partial charge in [0.05, 0.1) is 12.2 Å². The van der Waals surface area contributed by atoms with Crippen LogP contribution in [0, 0.1) is 0 Å². The van der Waals surface area contributed by atoms with Crippen molar-refractivity contribution in [3.8, 4) is 5.75 Å². The van der Waals surface area contributed by atoms with Gasteiger partial charge in [0.25, 0.3) is 0 Å². The molecule has 0 aliphatic heterocycles. The number of benzene rings is 1. The number of Topliss-reactive ketones (excluding diaryl/α,β-unsaturated/α-hetero) is 1. The van der Waals surface area contributed by atoms with Crippen LogP contribution in [0.4, 0.5) is 0 Å². The van der Waals surface area contributed by atoms with Crippen LogP contribution < -0.4 is 4.74 Å². The highest BCUT2D eigenvalue weighted by molar-refractivity contribution is 6.31. The molecule has 0 radical (unpaired) electrons. The van der Waals surface area contributed by atoms with Crippen molar-refractivity contribution in [1.82, 2.24) is 0 Å². The summed E-state index contributed by atoms with van der Waals surface area (Å²) in [6, 6.07) is 5.08. The zero-order chi connectivity index (χ0) is 12.0. The molecule has 0 atom stereocenters. The first-order valence-corrected chi connectivity index (χ1v) is 6.11. The van der Waals surface area contributed by atoms with Crippen LogP contribution in [0.15, 0.2) is 18.2 Å². The SMILES string of the molecule is CCOc1ccc(Cl)cc1C(=O)CCCCl. The molecule has 0 unspecified atom stereocenters. The Labute approximate surface area is 106 Å². The van der Waals surface area contributed by atoms with Crippen LogP contribution in [0.2, 0.25) is 5.02 Å². The van der Waals surface area contributed by atoms with Crippen molar-refractivity contribution in [1.29, 1.82) is 0 Å². The van der Waals surface area contributed by atoms with Crippen LogP contribution in [-0.2, 0) is 0 Å². The predicted octanol–water partition coefficient (Wildman–Crippen LogP) is 3.94. The number of rotatable bonds is 6. The molecule has 0 fully saturated rings. The molecule has 0 saturated heterocycles. The molecule has 0 saturated carbocycles. The Morgan fingerprint density at radius 1 is 1.44 bits per heavy atom. The average molecular weight is 261 g/mol. The highest BCUT2D eigenvalue weighted by Gasteiger charge is 2.12. The summed E-state index contributed by atoms with van der Waals surface area (Å²) in [6.45, 7) is 2.40. The van der Waals surface area contributed by atoms with Crippen molar-refractivity contribution < 1.29 is 9.53 Å². The molecule has 16 heavy (non-hydrogen) atoms. The number of hydrogen-bond acceptors (Lipinski definition) is 2. The monoisotopic (exact) mass is 260 g/mol. The summed E-state index contributed by atoms with van der Waals surface area (Å²) in [6.07, 6.45) is 1.09. The number of ketones is 1. The molecule has 1 rings (SSSR count). The van der Waals surface area contributed by atoms with Gasteiger partial charge in [-0.25, -0.2) is 0 Å². The van der Waals surface area contributed by atoms with E-state index in [9.17, 15) is 4.79 Å². The first-order chi connectivity index (χ1) is 7.69. The molecule has 0 amide bonds.